The first-order valence-corrected chi connectivity index (χ1v) is 12.4. The number of hydrogen-bond donors (Lipinski definition) is 2. The molecule has 0 bridgehead atoms. The van der Waals surface area contributed by atoms with E-state index in [-0.39, 0.29) is 18.0 Å². The van der Waals surface area contributed by atoms with Crippen LogP contribution in [0.4, 0.5) is 0 Å². The van der Waals surface area contributed by atoms with Gasteiger partial charge in [-0.05, 0) is 55.5 Å². The molecule has 0 fully saturated rings. The van der Waals surface area contributed by atoms with Crippen LogP contribution in [-0.2, 0) is 16.6 Å². The molecule has 0 unspecified atom stereocenters. The lowest BCUT2D eigenvalue weighted by atomic mass is 10.2. The summed E-state index contributed by atoms with van der Waals surface area (Å²) < 4.78 is 31.5. The number of halogens is 2. The van der Waals surface area contributed by atoms with Crippen molar-refractivity contribution >= 4 is 63.7 Å². The summed E-state index contributed by atoms with van der Waals surface area (Å²) in [7, 11) is -3.68. The second kappa shape index (κ2) is 8.43. The first-order chi connectivity index (χ1) is 14.2. The van der Waals surface area contributed by atoms with Crippen LogP contribution in [0.2, 0.25) is 0 Å². The Hall–Kier alpha value is -1.71. The summed E-state index contributed by atoms with van der Waals surface area (Å²) in [6, 6.07) is 18.6. The molecule has 1 atom stereocenters. The zero-order chi connectivity index (χ0) is 21.5. The average Bonchev–Trinajstić information content (AvgIpc) is 2.99. The second-order valence-electron chi connectivity index (χ2n) is 7.25. The van der Waals surface area contributed by atoms with Crippen molar-refractivity contribution in [1.29, 1.82) is 0 Å². The fraction of sp³-hybridized carbons (Fsp3) is 0.182. The normalized spacial score (nSPS) is 13.2. The van der Waals surface area contributed by atoms with Gasteiger partial charge in [0.15, 0.2) is 0 Å². The van der Waals surface area contributed by atoms with Gasteiger partial charge in [0, 0.05) is 37.3 Å². The Morgan fingerprint density at radius 1 is 0.933 bits per heavy atom. The van der Waals surface area contributed by atoms with Gasteiger partial charge in [0.25, 0.3) is 0 Å². The molecular weight excluding hydrogens is 532 g/mol. The quantitative estimate of drug-likeness (QED) is 0.355. The van der Waals surface area contributed by atoms with Crippen LogP contribution in [-0.4, -0.2) is 30.7 Å². The molecule has 3 aromatic carbocycles. The highest BCUT2D eigenvalue weighted by atomic mass is 79.9. The molecule has 5 nitrogen and oxygen atoms in total. The molecule has 0 amide bonds. The highest BCUT2D eigenvalue weighted by molar-refractivity contribution is 9.10. The Morgan fingerprint density at radius 2 is 1.47 bits per heavy atom. The Bertz CT molecular complexity index is 1270. The van der Waals surface area contributed by atoms with E-state index < -0.39 is 16.1 Å². The van der Waals surface area contributed by atoms with Gasteiger partial charge in [-0.2, -0.15) is 0 Å². The number of benzene rings is 3. The van der Waals surface area contributed by atoms with E-state index in [1.165, 1.54) is 0 Å². The van der Waals surface area contributed by atoms with Gasteiger partial charge in [0.05, 0.1) is 17.5 Å². The van der Waals surface area contributed by atoms with Crippen LogP contribution in [0.25, 0.3) is 21.8 Å². The maximum atomic E-state index is 12.5. The van der Waals surface area contributed by atoms with Crippen molar-refractivity contribution in [2.75, 3.05) is 6.54 Å². The Balaban J connectivity index is 1.60. The molecule has 0 saturated heterocycles. The van der Waals surface area contributed by atoms with E-state index in [0.29, 0.717) is 0 Å². The van der Waals surface area contributed by atoms with Crippen molar-refractivity contribution in [2.24, 2.45) is 0 Å². The number of nitrogens with zero attached hydrogens (tertiary/aromatic N) is 1. The highest BCUT2D eigenvalue weighted by Gasteiger charge is 2.18. The van der Waals surface area contributed by atoms with Crippen molar-refractivity contribution in [3.05, 3.63) is 75.2 Å². The number of aromatic nitrogens is 1. The third-order valence-electron chi connectivity index (χ3n) is 5.02. The zero-order valence-electron chi connectivity index (χ0n) is 16.1. The smallest absolute Gasteiger partial charge is 0.240 e. The van der Waals surface area contributed by atoms with Gasteiger partial charge in [-0.15, -0.1) is 0 Å². The summed E-state index contributed by atoms with van der Waals surface area (Å²) in [6.45, 7) is 2.08. The molecule has 4 aromatic rings. The molecule has 0 aliphatic rings. The van der Waals surface area contributed by atoms with E-state index in [1.807, 2.05) is 47.9 Å². The van der Waals surface area contributed by atoms with Gasteiger partial charge in [-0.25, -0.2) is 13.1 Å². The van der Waals surface area contributed by atoms with Gasteiger partial charge < -0.3 is 9.67 Å². The van der Waals surface area contributed by atoms with Gasteiger partial charge in [-0.3, -0.25) is 0 Å². The molecule has 2 N–H and O–H groups in total. The molecule has 156 valence electrons. The molecule has 0 aliphatic heterocycles. The lowest BCUT2D eigenvalue weighted by molar-refractivity contribution is 0.161. The van der Waals surface area contributed by atoms with Crippen LogP contribution < -0.4 is 4.72 Å². The monoisotopic (exact) mass is 550 g/mol. The van der Waals surface area contributed by atoms with Crippen molar-refractivity contribution in [3.8, 4) is 0 Å². The molecule has 30 heavy (non-hydrogen) atoms. The van der Waals surface area contributed by atoms with Crippen LogP contribution in [0.1, 0.15) is 5.56 Å². The fourth-order valence-electron chi connectivity index (χ4n) is 3.53. The molecule has 0 saturated carbocycles. The number of nitrogens with one attached hydrogen (secondary N) is 1. The summed E-state index contributed by atoms with van der Waals surface area (Å²) >= 11 is 7.05. The third kappa shape index (κ3) is 4.33. The molecule has 1 aromatic heterocycles. The van der Waals surface area contributed by atoms with Gasteiger partial charge >= 0.3 is 0 Å². The van der Waals surface area contributed by atoms with E-state index in [0.717, 1.165) is 36.3 Å². The van der Waals surface area contributed by atoms with Crippen LogP contribution >= 0.6 is 31.9 Å². The molecule has 1 heterocycles. The summed E-state index contributed by atoms with van der Waals surface area (Å²) in [5.41, 5.74) is 2.94. The zero-order valence-corrected chi connectivity index (χ0v) is 20.1. The summed E-state index contributed by atoms with van der Waals surface area (Å²) in [5.74, 6) is 0. The highest BCUT2D eigenvalue weighted by Crippen LogP contribution is 2.33. The summed E-state index contributed by atoms with van der Waals surface area (Å²) in [4.78, 5) is 0.187. The Morgan fingerprint density at radius 3 is 2.00 bits per heavy atom. The number of aliphatic hydroxyl groups excluding tert-OH is 1. The molecule has 0 spiro atoms. The van der Waals surface area contributed by atoms with Crippen molar-refractivity contribution in [2.45, 2.75) is 24.5 Å². The maximum Gasteiger partial charge on any atom is 0.240 e. The average molecular weight is 552 g/mol. The minimum atomic E-state index is -3.68. The molecule has 4 rings (SSSR count). The molecular formula is C22H20Br2N2O3S. The van der Waals surface area contributed by atoms with E-state index in [9.17, 15) is 13.5 Å². The Kier molecular flexibility index (Phi) is 6.05. The maximum absolute atomic E-state index is 12.5. The standard InChI is InChI=1S/C22H20Br2N2O3S/c1-14-2-6-18(7-3-14)30(28,29)25-12-17(27)13-26-21-8-4-15(23)10-19(21)20-11-16(24)5-9-22(20)26/h2-11,17,25,27H,12-13H2,1H3/t17-/m0/s1. The number of fused-ring (bicyclic) bond motifs is 3. The van der Waals surface area contributed by atoms with Gasteiger partial charge in [-0.1, -0.05) is 49.6 Å². The number of aryl methyl sites for hydroxylation is 1. The van der Waals surface area contributed by atoms with Crippen LogP contribution in [0.5, 0.6) is 0 Å². The lowest BCUT2D eigenvalue weighted by Gasteiger charge is -2.15. The van der Waals surface area contributed by atoms with Crippen LogP contribution in [0, 0.1) is 6.92 Å². The number of hydrogen-bond acceptors (Lipinski definition) is 3. The van der Waals surface area contributed by atoms with Crippen LogP contribution in [0.3, 0.4) is 0 Å². The lowest BCUT2D eigenvalue weighted by Crippen LogP contribution is -2.34. The molecule has 8 heteroatoms. The topological polar surface area (TPSA) is 71.3 Å². The molecule has 0 aliphatic carbocycles. The van der Waals surface area contributed by atoms with Crippen molar-refractivity contribution in [3.63, 3.8) is 0 Å². The van der Waals surface area contributed by atoms with Crippen molar-refractivity contribution < 1.29 is 13.5 Å². The first-order valence-electron chi connectivity index (χ1n) is 9.36. The van der Waals surface area contributed by atoms with E-state index in [2.05, 4.69) is 36.6 Å². The van der Waals surface area contributed by atoms with E-state index in [1.54, 1.807) is 24.3 Å². The SMILES string of the molecule is Cc1ccc(S(=O)(=O)NC[C@H](O)Cn2c3ccc(Br)cc3c3cc(Br)ccc32)cc1. The summed E-state index contributed by atoms with van der Waals surface area (Å²) in [6.07, 6.45) is -0.892. The largest absolute Gasteiger partial charge is 0.390 e. The fourth-order valence-corrected chi connectivity index (χ4v) is 5.32. The Labute approximate surface area is 192 Å². The minimum absolute atomic E-state index is 0.0789. The van der Waals surface area contributed by atoms with E-state index >= 15 is 0 Å². The molecule has 0 radical (unpaired) electrons. The van der Waals surface area contributed by atoms with E-state index in [4.69, 9.17) is 0 Å². The predicted octanol–water partition coefficient (Wildman–Crippen LogP) is 4.97. The second-order valence-corrected chi connectivity index (χ2v) is 10.9. The minimum Gasteiger partial charge on any atom is -0.390 e. The van der Waals surface area contributed by atoms with Crippen molar-refractivity contribution in [1.82, 2.24) is 9.29 Å². The predicted molar refractivity (Wildman–Crippen MR) is 127 cm³/mol. The van der Waals surface area contributed by atoms with Crippen LogP contribution in [0.15, 0.2) is 74.5 Å². The number of aliphatic hydroxyl groups is 1. The number of sulfonamides is 1. The third-order valence-corrected chi connectivity index (χ3v) is 7.45. The van der Waals surface area contributed by atoms with Gasteiger partial charge in [0.2, 0.25) is 10.0 Å². The van der Waals surface area contributed by atoms with Gasteiger partial charge in [0.1, 0.15) is 0 Å². The first kappa shape index (κ1) is 21.5. The number of rotatable bonds is 6. The summed E-state index contributed by atoms with van der Waals surface area (Å²) in [5, 5.41) is 12.8.